The minimum atomic E-state index is -0.366. The first-order valence-corrected chi connectivity index (χ1v) is 11.0. The van der Waals surface area contributed by atoms with Crippen LogP contribution >= 0.6 is 0 Å². The van der Waals surface area contributed by atoms with E-state index in [1.165, 1.54) is 9.13 Å². The average Bonchev–Trinajstić information content (AvgIpc) is 3.20. The third-order valence-corrected chi connectivity index (χ3v) is 6.42. The van der Waals surface area contributed by atoms with Gasteiger partial charge in [0.05, 0.1) is 13.7 Å². The topological polar surface area (TPSA) is 74.3 Å². The van der Waals surface area contributed by atoms with Crippen LogP contribution < -0.4 is 20.9 Å². The highest BCUT2D eigenvalue weighted by Crippen LogP contribution is 2.33. The molecule has 8 nitrogen and oxygen atoms in total. The number of hydrogen-bond acceptors (Lipinski definition) is 5. The number of rotatable bonds is 4. The van der Waals surface area contributed by atoms with Crippen molar-refractivity contribution < 1.29 is 4.74 Å². The summed E-state index contributed by atoms with van der Waals surface area (Å²) in [4.78, 5) is 33.7. The fraction of sp³-hybridized carbons (Fsp3) is 0.320. The lowest BCUT2D eigenvalue weighted by atomic mass is 10.1. The molecule has 2 aromatic heterocycles. The Balaban J connectivity index is 1.70. The van der Waals surface area contributed by atoms with E-state index in [0.29, 0.717) is 29.6 Å². The Morgan fingerprint density at radius 1 is 1.06 bits per heavy atom. The maximum atomic E-state index is 13.6. The molecule has 1 aliphatic heterocycles. The van der Waals surface area contributed by atoms with E-state index in [1.807, 2.05) is 60.0 Å². The van der Waals surface area contributed by atoms with Gasteiger partial charge in [-0.2, -0.15) is 4.98 Å². The summed E-state index contributed by atoms with van der Waals surface area (Å²) in [5.74, 6) is 1.74. The van der Waals surface area contributed by atoms with Gasteiger partial charge in [0.1, 0.15) is 5.75 Å². The summed E-state index contributed by atoms with van der Waals surface area (Å²) < 4.78 is 10.1. The van der Waals surface area contributed by atoms with E-state index in [1.54, 1.807) is 14.2 Å². The molecule has 0 saturated heterocycles. The number of methoxy groups -OCH3 is 1. The zero-order valence-corrected chi connectivity index (χ0v) is 19.3. The molecule has 1 atom stereocenters. The van der Waals surface area contributed by atoms with Crippen molar-refractivity contribution in [2.75, 3.05) is 18.6 Å². The van der Waals surface area contributed by atoms with Crippen LogP contribution in [0.25, 0.3) is 11.2 Å². The van der Waals surface area contributed by atoms with Gasteiger partial charge in [-0.1, -0.05) is 31.2 Å². The molecule has 4 aromatic rings. The van der Waals surface area contributed by atoms with Crippen LogP contribution in [-0.4, -0.2) is 32.3 Å². The van der Waals surface area contributed by atoms with E-state index in [0.717, 1.165) is 29.1 Å². The second-order valence-corrected chi connectivity index (χ2v) is 8.77. The maximum Gasteiger partial charge on any atom is 0.332 e. The van der Waals surface area contributed by atoms with Gasteiger partial charge in [0.25, 0.3) is 5.56 Å². The van der Waals surface area contributed by atoms with Gasteiger partial charge in [-0.25, -0.2) is 4.79 Å². The summed E-state index contributed by atoms with van der Waals surface area (Å²) in [7, 11) is 3.32. The van der Waals surface area contributed by atoms with Crippen molar-refractivity contribution >= 4 is 22.8 Å². The lowest BCUT2D eigenvalue weighted by Gasteiger charge is -2.33. The molecule has 0 radical (unpaired) electrons. The second-order valence-electron chi connectivity index (χ2n) is 8.77. The highest BCUT2D eigenvalue weighted by molar-refractivity contribution is 5.77. The van der Waals surface area contributed by atoms with Gasteiger partial charge >= 0.3 is 5.69 Å². The number of nitrogens with zero attached hydrogens (tertiary/aromatic N) is 5. The Hall–Kier alpha value is -3.81. The third kappa shape index (κ3) is 3.42. The maximum absolute atomic E-state index is 13.6. The molecule has 0 N–H and O–H groups in total. The van der Waals surface area contributed by atoms with Crippen molar-refractivity contribution in [1.29, 1.82) is 0 Å². The van der Waals surface area contributed by atoms with E-state index >= 15 is 0 Å². The van der Waals surface area contributed by atoms with Crippen molar-refractivity contribution in [3.05, 3.63) is 80.5 Å². The monoisotopic (exact) mass is 445 g/mol. The highest BCUT2D eigenvalue weighted by Gasteiger charge is 2.30. The molecule has 0 bridgehead atoms. The number of aromatic nitrogens is 4. The predicted molar refractivity (Wildman–Crippen MR) is 129 cm³/mol. The van der Waals surface area contributed by atoms with E-state index in [4.69, 9.17) is 9.72 Å². The number of ether oxygens (including phenoxy) is 1. The molecule has 8 heteroatoms. The normalized spacial score (nSPS) is 15.6. The molecule has 1 aliphatic rings. The lowest BCUT2D eigenvalue weighted by Crippen LogP contribution is -2.40. The molecule has 33 heavy (non-hydrogen) atoms. The molecular formula is C25H27N5O3. The minimum absolute atomic E-state index is 0.229. The van der Waals surface area contributed by atoms with Crippen LogP contribution in [0.5, 0.6) is 5.75 Å². The van der Waals surface area contributed by atoms with Crippen molar-refractivity contribution in [1.82, 2.24) is 18.7 Å². The molecule has 0 aliphatic carbocycles. The van der Waals surface area contributed by atoms with Crippen LogP contribution in [0, 0.1) is 12.8 Å². The molecule has 5 rings (SSSR count). The fourth-order valence-electron chi connectivity index (χ4n) is 4.58. The summed E-state index contributed by atoms with van der Waals surface area (Å²) in [6.07, 6.45) is 0. The van der Waals surface area contributed by atoms with Crippen LogP contribution in [0.4, 0.5) is 11.6 Å². The number of hydrogen-bond donors (Lipinski definition) is 0. The first-order valence-electron chi connectivity index (χ1n) is 11.0. The molecule has 2 aromatic carbocycles. The smallest absolute Gasteiger partial charge is 0.332 e. The number of aryl methyl sites for hydroxylation is 2. The molecular weight excluding hydrogens is 418 g/mol. The van der Waals surface area contributed by atoms with Crippen LogP contribution in [0.15, 0.2) is 58.1 Å². The Kier molecular flexibility index (Phi) is 5.08. The fourth-order valence-corrected chi connectivity index (χ4v) is 4.58. The molecule has 0 amide bonds. The van der Waals surface area contributed by atoms with Crippen molar-refractivity contribution in [2.24, 2.45) is 13.0 Å². The molecule has 1 unspecified atom stereocenters. The standard InChI is InChI=1S/C25H27N5O3/c1-16-13-28(19-9-11-20(33-4)12-10-19)24-26-22-21(29(24)14-16)23(31)30(25(32)27(22)3)15-18-8-6-5-7-17(18)2/h5-12,16H,13-15H2,1-4H3. The van der Waals surface area contributed by atoms with Crippen LogP contribution in [0.2, 0.25) is 0 Å². The Morgan fingerprint density at radius 3 is 2.48 bits per heavy atom. The third-order valence-electron chi connectivity index (χ3n) is 6.42. The van der Waals surface area contributed by atoms with Gasteiger partial charge in [-0.15, -0.1) is 0 Å². The first kappa shape index (κ1) is 21.1. The average molecular weight is 446 g/mol. The quantitative estimate of drug-likeness (QED) is 0.483. The Morgan fingerprint density at radius 2 is 1.79 bits per heavy atom. The SMILES string of the molecule is COc1ccc(N2CC(C)Cn3c2nc2c3c(=O)n(Cc3ccccc3C)c(=O)n2C)cc1. The number of fused-ring (bicyclic) bond motifs is 3. The van der Waals surface area contributed by atoms with Crippen LogP contribution in [0.3, 0.4) is 0 Å². The van der Waals surface area contributed by atoms with Crippen LogP contribution in [0.1, 0.15) is 18.1 Å². The van der Waals surface area contributed by atoms with E-state index in [-0.39, 0.29) is 17.8 Å². The van der Waals surface area contributed by atoms with Gasteiger partial charge in [0, 0.05) is 25.8 Å². The number of anilines is 2. The summed E-state index contributed by atoms with van der Waals surface area (Å²) >= 11 is 0. The van der Waals surface area contributed by atoms with Gasteiger partial charge in [-0.3, -0.25) is 13.9 Å². The summed E-state index contributed by atoms with van der Waals surface area (Å²) in [6.45, 7) is 5.79. The van der Waals surface area contributed by atoms with Crippen LogP contribution in [-0.2, 0) is 20.1 Å². The van der Waals surface area contributed by atoms with Crippen molar-refractivity contribution in [2.45, 2.75) is 26.9 Å². The predicted octanol–water partition coefficient (Wildman–Crippen LogP) is 3.05. The summed E-state index contributed by atoms with van der Waals surface area (Å²) in [5, 5.41) is 0. The zero-order valence-electron chi connectivity index (χ0n) is 19.3. The van der Waals surface area contributed by atoms with E-state index < -0.39 is 0 Å². The van der Waals surface area contributed by atoms with Crippen molar-refractivity contribution in [3.63, 3.8) is 0 Å². The largest absolute Gasteiger partial charge is 0.497 e. The van der Waals surface area contributed by atoms with E-state index in [9.17, 15) is 9.59 Å². The zero-order chi connectivity index (χ0) is 23.3. The first-order chi connectivity index (χ1) is 15.9. The van der Waals surface area contributed by atoms with Gasteiger partial charge in [0.15, 0.2) is 11.2 Å². The number of benzene rings is 2. The molecule has 3 heterocycles. The Bertz CT molecular complexity index is 1460. The lowest BCUT2D eigenvalue weighted by molar-refractivity contribution is 0.414. The molecule has 0 spiro atoms. The van der Waals surface area contributed by atoms with Gasteiger partial charge in [0.2, 0.25) is 5.95 Å². The van der Waals surface area contributed by atoms with Gasteiger partial charge < -0.3 is 14.2 Å². The highest BCUT2D eigenvalue weighted by atomic mass is 16.5. The second kappa shape index (κ2) is 7.95. The molecule has 170 valence electrons. The Labute approximate surface area is 191 Å². The van der Waals surface area contributed by atoms with Crippen molar-refractivity contribution in [3.8, 4) is 5.75 Å². The summed E-state index contributed by atoms with van der Waals surface area (Å²) in [6, 6.07) is 15.6. The van der Waals surface area contributed by atoms with E-state index in [2.05, 4.69) is 11.8 Å². The molecule has 0 fully saturated rings. The minimum Gasteiger partial charge on any atom is -0.497 e. The van der Waals surface area contributed by atoms with Gasteiger partial charge in [-0.05, 0) is 48.2 Å². The molecule has 0 saturated carbocycles. The number of imidazole rings is 1. The summed E-state index contributed by atoms with van der Waals surface area (Å²) in [5.41, 5.74) is 3.15.